The Kier molecular flexibility index (Phi) is 6.27. The molecule has 0 saturated carbocycles. The van der Waals surface area contributed by atoms with Crippen molar-refractivity contribution < 1.29 is 18.7 Å². The second-order valence-electron chi connectivity index (χ2n) is 6.51. The zero-order chi connectivity index (χ0) is 22.0. The Morgan fingerprint density at radius 3 is 2.55 bits per heavy atom. The minimum absolute atomic E-state index is 0.208. The predicted molar refractivity (Wildman–Crippen MR) is 121 cm³/mol. The summed E-state index contributed by atoms with van der Waals surface area (Å²) in [5, 5.41) is 1.33. The molecular formula is C22H15Cl2FN2O3S. The number of rotatable bonds is 6. The maximum Gasteiger partial charge on any atom is 0.409 e. The molecule has 0 unspecified atom stereocenters. The summed E-state index contributed by atoms with van der Waals surface area (Å²) in [6.07, 6.45) is -0.572. The van der Waals surface area contributed by atoms with Crippen molar-refractivity contribution in [2.24, 2.45) is 5.73 Å². The van der Waals surface area contributed by atoms with E-state index in [1.54, 1.807) is 24.3 Å². The topological polar surface area (TPSA) is 74.4 Å². The van der Waals surface area contributed by atoms with E-state index in [2.05, 4.69) is 4.98 Å². The number of hydrogen-bond donors (Lipinski definition) is 1. The number of ether oxygens (including phenoxy) is 2. The molecule has 0 aliphatic heterocycles. The number of hydrogen-bond acceptors (Lipinski definition) is 5. The Balaban J connectivity index is 1.47. The second kappa shape index (κ2) is 9.09. The van der Waals surface area contributed by atoms with Gasteiger partial charge in [0, 0.05) is 17.5 Å². The van der Waals surface area contributed by atoms with Crippen LogP contribution in [0.1, 0.15) is 5.56 Å². The Bertz CT molecular complexity index is 1260. The normalized spacial score (nSPS) is 10.9. The lowest BCUT2D eigenvalue weighted by Gasteiger charge is -2.09. The zero-order valence-corrected chi connectivity index (χ0v) is 18.2. The highest BCUT2D eigenvalue weighted by Gasteiger charge is 2.12. The van der Waals surface area contributed by atoms with E-state index in [0.29, 0.717) is 22.1 Å². The van der Waals surface area contributed by atoms with Crippen LogP contribution in [0.4, 0.5) is 9.18 Å². The summed E-state index contributed by atoms with van der Waals surface area (Å²) in [5.74, 6) is 0.601. The van der Waals surface area contributed by atoms with Crippen LogP contribution in [0.5, 0.6) is 11.5 Å². The van der Waals surface area contributed by atoms with Gasteiger partial charge in [0.15, 0.2) is 0 Å². The van der Waals surface area contributed by atoms with E-state index in [9.17, 15) is 9.18 Å². The number of carbonyl (C=O) groups excluding carboxylic acids is 1. The van der Waals surface area contributed by atoms with Gasteiger partial charge in [0.2, 0.25) is 0 Å². The van der Waals surface area contributed by atoms with Crippen LogP contribution in [0.15, 0.2) is 54.6 Å². The van der Waals surface area contributed by atoms with Gasteiger partial charge in [-0.25, -0.2) is 14.2 Å². The van der Waals surface area contributed by atoms with Crippen molar-refractivity contribution in [3.63, 3.8) is 0 Å². The van der Waals surface area contributed by atoms with Gasteiger partial charge in [0.25, 0.3) is 0 Å². The van der Waals surface area contributed by atoms with Gasteiger partial charge >= 0.3 is 6.09 Å². The molecule has 3 aromatic carbocycles. The first kappa shape index (κ1) is 21.4. The van der Waals surface area contributed by atoms with E-state index in [4.69, 9.17) is 38.4 Å². The van der Waals surface area contributed by atoms with Crippen molar-refractivity contribution in [3.8, 4) is 22.1 Å². The number of benzene rings is 3. The fraction of sp³-hybridized carbons (Fsp3) is 0.0909. The maximum absolute atomic E-state index is 14.0. The van der Waals surface area contributed by atoms with E-state index in [1.807, 2.05) is 18.2 Å². The average Bonchev–Trinajstić information content (AvgIpc) is 3.17. The molecule has 1 aromatic heterocycles. The largest absolute Gasteiger partial charge is 0.493 e. The summed E-state index contributed by atoms with van der Waals surface area (Å²) in [4.78, 5) is 15.4. The van der Waals surface area contributed by atoms with Crippen LogP contribution < -0.4 is 15.2 Å². The molecule has 0 aliphatic carbocycles. The fourth-order valence-electron chi connectivity index (χ4n) is 2.97. The third-order valence-electron chi connectivity index (χ3n) is 4.44. The lowest BCUT2D eigenvalue weighted by molar-refractivity contribution is 0.211. The molecule has 0 radical (unpaired) electrons. The Morgan fingerprint density at radius 1 is 1.06 bits per heavy atom. The summed E-state index contributed by atoms with van der Waals surface area (Å²) >= 11 is 13.5. The molecule has 2 N–H and O–H groups in total. The molecule has 4 rings (SSSR count). The van der Waals surface area contributed by atoms with Crippen LogP contribution in [-0.2, 0) is 6.42 Å². The Morgan fingerprint density at radius 2 is 1.81 bits per heavy atom. The first-order valence-corrected chi connectivity index (χ1v) is 10.7. The number of aromatic nitrogens is 1. The van der Waals surface area contributed by atoms with Gasteiger partial charge in [-0.3, -0.25) is 0 Å². The number of primary amides is 1. The number of nitrogens with two attached hydrogens (primary N) is 1. The first-order valence-electron chi connectivity index (χ1n) is 9.14. The van der Waals surface area contributed by atoms with Gasteiger partial charge < -0.3 is 15.2 Å². The highest BCUT2D eigenvalue weighted by molar-refractivity contribution is 7.21. The molecule has 0 spiro atoms. The molecule has 4 aromatic rings. The highest BCUT2D eigenvalue weighted by atomic mass is 35.5. The predicted octanol–water partition coefficient (Wildman–Crippen LogP) is 6.49. The molecule has 9 heteroatoms. The summed E-state index contributed by atoms with van der Waals surface area (Å²) in [7, 11) is 0. The van der Waals surface area contributed by atoms with Crippen molar-refractivity contribution in [1.29, 1.82) is 0 Å². The third-order valence-corrected chi connectivity index (χ3v) is 6.35. The third kappa shape index (κ3) is 4.90. The number of carbonyl (C=O) groups is 1. The van der Waals surface area contributed by atoms with Crippen molar-refractivity contribution >= 4 is 50.8 Å². The van der Waals surface area contributed by atoms with Crippen LogP contribution in [0, 0.1) is 5.82 Å². The molecule has 0 saturated heterocycles. The monoisotopic (exact) mass is 476 g/mol. The van der Waals surface area contributed by atoms with Gasteiger partial charge in [-0.15, -0.1) is 11.3 Å². The van der Waals surface area contributed by atoms with E-state index >= 15 is 0 Å². The summed E-state index contributed by atoms with van der Waals surface area (Å²) in [5.41, 5.74) is 7.05. The van der Waals surface area contributed by atoms with Gasteiger partial charge in [-0.2, -0.15) is 0 Å². The van der Waals surface area contributed by atoms with Crippen LogP contribution in [-0.4, -0.2) is 17.7 Å². The van der Waals surface area contributed by atoms with Gasteiger partial charge in [-0.1, -0.05) is 23.2 Å². The highest BCUT2D eigenvalue weighted by Crippen LogP contribution is 2.33. The number of thiazole rings is 1. The molecule has 0 aliphatic rings. The average molecular weight is 477 g/mol. The second-order valence-corrected chi connectivity index (χ2v) is 8.33. The Hall–Kier alpha value is -2.87. The quantitative estimate of drug-likeness (QED) is 0.322. The summed E-state index contributed by atoms with van der Waals surface area (Å²) in [6.45, 7) is 0.246. The number of amides is 1. The Labute approximate surface area is 191 Å². The fourth-order valence-corrected chi connectivity index (χ4v) is 4.39. The van der Waals surface area contributed by atoms with E-state index < -0.39 is 11.9 Å². The molecule has 0 bridgehead atoms. The SMILES string of the molecule is NC(=O)Oc1ccc(-c2nc3ccc(OCCc4c(F)ccc(Cl)c4Cl)cc3s2)cc1. The summed E-state index contributed by atoms with van der Waals surface area (Å²) < 4.78 is 25.5. The van der Waals surface area contributed by atoms with Crippen molar-refractivity contribution in [2.75, 3.05) is 6.61 Å². The molecule has 158 valence electrons. The molecule has 1 amide bonds. The number of nitrogens with zero attached hydrogens (tertiary/aromatic N) is 1. The lowest BCUT2D eigenvalue weighted by Crippen LogP contribution is -2.16. The number of halogens is 3. The van der Waals surface area contributed by atoms with E-state index in [-0.39, 0.29) is 18.1 Å². The molecule has 1 heterocycles. The van der Waals surface area contributed by atoms with E-state index in [0.717, 1.165) is 20.8 Å². The lowest BCUT2D eigenvalue weighted by atomic mass is 10.1. The minimum atomic E-state index is -0.861. The smallest absolute Gasteiger partial charge is 0.409 e. The van der Waals surface area contributed by atoms with Crippen LogP contribution >= 0.6 is 34.5 Å². The van der Waals surface area contributed by atoms with Crippen LogP contribution in [0.3, 0.4) is 0 Å². The van der Waals surface area contributed by atoms with Gasteiger partial charge in [0.05, 0.1) is 26.9 Å². The minimum Gasteiger partial charge on any atom is -0.493 e. The van der Waals surface area contributed by atoms with Crippen LogP contribution in [0.2, 0.25) is 10.0 Å². The van der Waals surface area contributed by atoms with E-state index in [1.165, 1.54) is 23.5 Å². The first-order chi connectivity index (χ1) is 14.9. The van der Waals surface area contributed by atoms with Crippen molar-refractivity contribution in [1.82, 2.24) is 4.98 Å². The van der Waals surface area contributed by atoms with Gasteiger partial charge in [-0.05, 0) is 54.6 Å². The molecule has 5 nitrogen and oxygen atoms in total. The molecule has 0 atom stereocenters. The maximum atomic E-state index is 14.0. The zero-order valence-electron chi connectivity index (χ0n) is 15.9. The van der Waals surface area contributed by atoms with Crippen molar-refractivity contribution in [2.45, 2.75) is 6.42 Å². The molecular weight excluding hydrogens is 462 g/mol. The van der Waals surface area contributed by atoms with Crippen LogP contribution in [0.25, 0.3) is 20.8 Å². The van der Waals surface area contributed by atoms with Crippen molar-refractivity contribution in [3.05, 3.63) is 76.0 Å². The number of fused-ring (bicyclic) bond motifs is 1. The molecule has 31 heavy (non-hydrogen) atoms. The molecule has 0 fully saturated rings. The summed E-state index contributed by atoms with van der Waals surface area (Å²) in [6, 6.07) is 15.2. The van der Waals surface area contributed by atoms with Gasteiger partial charge in [0.1, 0.15) is 22.3 Å². The standard InChI is InChI=1S/C22H15Cl2FN2O3S/c23-16-6-7-17(25)15(20(16)24)9-10-29-14-5-8-18-19(11-14)31-21(27-18)12-1-3-13(4-2-12)30-22(26)28/h1-8,11H,9-10H2,(H2,26,28).